The number of pyridine rings is 1. The highest BCUT2D eigenvalue weighted by atomic mass is 32.2. The molecule has 29 heavy (non-hydrogen) atoms. The number of hydrogen-bond acceptors (Lipinski definition) is 6. The summed E-state index contributed by atoms with van der Waals surface area (Å²) in [5.41, 5.74) is 3.99. The fourth-order valence-corrected chi connectivity index (χ4v) is 3.43. The molecule has 0 amide bonds. The lowest BCUT2D eigenvalue weighted by Crippen LogP contribution is -2.24. The molecule has 3 aromatic rings. The number of carbonyl (C=O) groups is 2. The highest BCUT2D eigenvalue weighted by molar-refractivity contribution is 7.98. The molecule has 0 spiro atoms. The fourth-order valence-electron chi connectivity index (χ4n) is 3.02. The van der Waals surface area contributed by atoms with E-state index in [4.69, 9.17) is 5.73 Å². The lowest BCUT2D eigenvalue weighted by atomic mass is 9.93. The van der Waals surface area contributed by atoms with Gasteiger partial charge in [0, 0.05) is 16.0 Å². The van der Waals surface area contributed by atoms with Gasteiger partial charge in [-0.1, -0.05) is 18.2 Å². The summed E-state index contributed by atoms with van der Waals surface area (Å²) < 4.78 is 0. The highest BCUT2D eigenvalue weighted by Gasteiger charge is 2.28. The first-order chi connectivity index (χ1) is 13.7. The number of nitrogen functional groups attached to an aromatic ring is 1. The Morgan fingerprint density at radius 2 is 1.55 bits per heavy atom. The van der Waals surface area contributed by atoms with Gasteiger partial charge in [0.05, 0.1) is 0 Å². The van der Waals surface area contributed by atoms with Gasteiger partial charge in [-0.05, 0) is 41.6 Å². The third-order valence-electron chi connectivity index (χ3n) is 4.36. The van der Waals surface area contributed by atoms with Crippen LogP contribution in [0, 0.1) is 0 Å². The van der Waals surface area contributed by atoms with E-state index < -0.39 is 40.0 Å². The molecule has 0 radical (unpaired) electrons. The number of aromatic hydroxyl groups is 1. The first-order valence-electron chi connectivity index (χ1n) is 8.24. The van der Waals surface area contributed by atoms with Gasteiger partial charge in [-0.3, -0.25) is 4.79 Å². The third-order valence-corrected chi connectivity index (χ3v) is 5.11. The van der Waals surface area contributed by atoms with Gasteiger partial charge in [-0.25, -0.2) is 9.59 Å². The second kappa shape index (κ2) is 7.72. The summed E-state index contributed by atoms with van der Waals surface area (Å²) in [5, 5.41) is 29.5. The Bertz CT molecular complexity index is 1180. The molecule has 3 rings (SSSR count). The van der Waals surface area contributed by atoms with Crippen molar-refractivity contribution < 1.29 is 24.9 Å². The molecular weight excluding hydrogens is 396 g/mol. The van der Waals surface area contributed by atoms with Gasteiger partial charge in [0.25, 0.3) is 5.56 Å². The number of phenolic OH excluding ortho intramolecular Hbond substituents is 1. The number of benzene rings is 2. The molecule has 0 saturated carbocycles. The van der Waals surface area contributed by atoms with Crippen molar-refractivity contribution in [3.05, 3.63) is 63.9 Å². The van der Waals surface area contributed by atoms with E-state index in [1.807, 2.05) is 35.5 Å². The largest absolute Gasteiger partial charge is 0.507 e. The third kappa shape index (κ3) is 3.67. The number of aromatic amines is 1. The maximum atomic E-state index is 12.1. The van der Waals surface area contributed by atoms with E-state index in [2.05, 4.69) is 0 Å². The Morgan fingerprint density at radius 1 is 0.966 bits per heavy atom. The van der Waals surface area contributed by atoms with E-state index in [1.165, 1.54) is 12.1 Å². The Kier molecular flexibility index (Phi) is 5.33. The number of nitrogens with two attached hydrogens (primary N) is 1. The summed E-state index contributed by atoms with van der Waals surface area (Å²) in [6, 6.07) is 11.9. The zero-order valence-corrected chi connectivity index (χ0v) is 15.9. The molecule has 9 heteroatoms. The van der Waals surface area contributed by atoms with Crippen LogP contribution < -0.4 is 11.3 Å². The highest BCUT2D eigenvalue weighted by Crippen LogP contribution is 2.37. The van der Waals surface area contributed by atoms with Crippen molar-refractivity contribution in [1.29, 1.82) is 0 Å². The van der Waals surface area contributed by atoms with E-state index in [0.29, 0.717) is 5.56 Å². The monoisotopic (exact) mass is 412 g/mol. The molecule has 1 aromatic heterocycles. The van der Waals surface area contributed by atoms with Gasteiger partial charge in [0.1, 0.15) is 22.7 Å². The minimum atomic E-state index is -1.64. The summed E-state index contributed by atoms with van der Waals surface area (Å²) in [4.78, 5) is 38.5. The molecule has 2 aromatic carbocycles. The standard InChI is InChI=1S/C20H16N2O6S/c1-29-11-5-2-9(3-6-11)10-4-7-12(13(23)8-10)14-15(19(25)26)17(21)22-18(24)16(14)20(27)28/h2-8,23H,1H3,(H,25,26)(H,27,28)(H3,21,22,24). The van der Waals surface area contributed by atoms with E-state index >= 15 is 0 Å². The molecule has 0 aliphatic carbocycles. The van der Waals surface area contributed by atoms with Crippen LogP contribution in [0.2, 0.25) is 0 Å². The molecule has 1 heterocycles. The molecule has 0 unspecified atom stereocenters. The van der Waals surface area contributed by atoms with Crippen molar-refractivity contribution in [2.45, 2.75) is 4.90 Å². The van der Waals surface area contributed by atoms with E-state index in [0.717, 1.165) is 10.5 Å². The van der Waals surface area contributed by atoms with Crippen molar-refractivity contribution in [1.82, 2.24) is 4.98 Å². The number of aromatic nitrogens is 1. The summed E-state index contributed by atoms with van der Waals surface area (Å²) in [5.74, 6) is -4.06. The van der Waals surface area contributed by atoms with E-state index in [9.17, 15) is 29.7 Å². The van der Waals surface area contributed by atoms with Crippen LogP contribution in [0.25, 0.3) is 22.3 Å². The van der Waals surface area contributed by atoms with Crippen LogP contribution in [0.15, 0.2) is 52.2 Å². The molecule has 0 bridgehead atoms. The SMILES string of the molecule is CSc1ccc(-c2ccc(-c3c(C(=O)O)c(N)[nH]c(=O)c3C(=O)O)c(O)c2)cc1. The Balaban J connectivity index is 2.25. The molecular formula is C20H16N2O6S. The van der Waals surface area contributed by atoms with Gasteiger partial charge in [0.2, 0.25) is 0 Å². The smallest absolute Gasteiger partial charge is 0.342 e. The number of nitrogens with one attached hydrogen (secondary N) is 1. The topological polar surface area (TPSA) is 154 Å². The number of thioether (sulfide) groups is 1. The van der Waals surface area contributed by atoms with Crippen molar-refractivity contribution in [2.75, 3.05) is 12.0 Å². The summed E-state index contributed by atoms with van der Waals surface area (Å²) in [6.07, 6.45) is 1.95. The van der Waals surface area contributed by atoms with Crippen LogP contribution >= 0.6 is 11.8 Å². The van der Waals surface area contributed by atoms with Crippen molar-refractivity contribution >= 4 is 29.5 Å². The van der Waals surface area contributed by atoms with E-state index in [-0.39, 0.29) is 11.3 Å². The van der Waals surface area contributed by atoms with Crippen molar-refractivity contribution in [3.8, 4) is 28.0 Å². The lowest BCUT2D eigenvalue weighted by Gasteiger charge is -2.14. The normalized spacial score (nSPS) is 10.7. The average molecular weight is 412 g/mol. The van der Waals surface area contributed by atoms with Crippen molar-refractivity contribution in [3.63, 3.8) is 0 Å². The number of anilines is 1. The average Bonchev–Trinajstić information content (AvgIpc) is 2.66. The van der Waals surface area contributed by atoms with Crippen LogP contribution in [-0.2, 0) is 0 Å². The molecule has 0 saturated heterocycles. The number of carboxylic acid groups (broad SMARTS) is 2. The van der Waals surface area contributed by atoms with Crippen LogP contribution in [0.1, 0.15) is 20.7 Å². The van der Waals surface area contributed by atoms with Gasteiger partial charge in [-0.15, -0.1) is 11.8 Å². The zero-order valence-electron chi connectivity index (χ0n) is 15.1. The number of aromatic carboxylic acids is 2. The molecule has 0 atom stereocenters. The summed E-state index contributed by atoms with van der Waals surface area (Å²) in [7, 11) is 0. The summed E-state index contributed by atoms with van der Waals surface area (Å²) in [6.45, 7) is 0. The maximum absolute atomic E-state index is 12.1. The van der Waals surface area contributed by atoms with E-state index in [1.54, 1.807) is 17.8 Å². The minimum absolute atomic E-state index is 0.123. The Labute approximate surface area is 168 Å². The zero-order chi connectivity index (χ0) is 21.3. The minimum Gasteiger partial charge on any atom is -0.507 e. The maximum Gasteiger partial charge on any atom is 0.342 e. The number of carboxylic acids is 2. The molecule has 0 aliphatic rings. The number of phenols is 1. The van der Waals surface area contributed by atoms with Gasteiger partial charge >= 0.3 is 11.9 Å². The number of H-pyrrole nitrogens is 1. The van der Waals surface area contributed by atoms with Crippen LogP contribution in [0.5, 0.6) is 5.75 Å². The molecule has 6 N–H and O–H groups in total. The molecule has 0 fully saturated rings. The van der Waals surface area contributed by atoms with Crippen LogP contribution in [0.3, 0.4) is 0 Å². The summed E-state index contributed by atoms with van der Waals surface area (Å²) >= 11 is 1.58. The second-order valence-electron chi connectivity index (χ2n) is 6.06. The lowest BCUT2D eigenvalue weighted by molar-refractivity contribution is 0.0695. The predicted molar refractivity (Wildman–Crippen MR) is 110 cm³/mol. The van der Waals surface area contributed by atoms with Crippen LogP contribution in [0.4, 0.5) is 5.82 Å². The Morgan fingerprint density at radius 3 is 2.07 bits per heavy atom. The van der Waals surface area contributed by atoms with Crippen LogP contribution in [-0.4, -0.2) is 38.5 Å². The van der Waals surface area contributed by atoms with Gasteiger partial charge in [-0.2, -0.15) is 0 Å². The van der Waals surface area contributed by atoms with Gasteiger partial charge in [0.15, 0.2) is 0 Å². The number of hydrogen-bond donors (Lipinski definition) is 5. The van der Waals surface area contributed by atoms with Crippen molar-refractivity contribution in [2.24, 2.45) is 0 Å². The molecule has 148 valence electrons. The van der Waals surface area contributed by atoms with Gasteiger partial charge < -0.3 is 26.0 Å². The predicted octanol–water partition coefficient (Wildman–Crippen LogP) is 3.12. The number of rotatable bonds is 5. The first kappa shape index (κ1) is 20.0. The molecule has 0 aliphatic heterocycles. The fraction of sp³-hybridized carbons (Fsp3) is 0.0500. The molecule has 8 nitrogen and oxygen atoms in total. The first-order valence-corrected chi connectivity index (χ1v) is 9.47. The second-order valence-corrected chi connectivity index (χ2v) is 6.94. The Hall–Kier alpha value is -3.72. The quantitative estimate of drug-likeness (QED) is 0.401.